The molecule has 5 nitrogen and oxygen atoms in total. The second kappa shape index (κ2) is 6.22. The molecule has 1 unspecified atom stereocenters. The third kappa shape index (κ3) is 2.63. The molecule has 0 spiro atoms. The molecule has 20 heavy (non-hydrogen) atoms. The Balaban J connectivity index is 1.86. The van der Waals surface area contributed by atoms with Crippen molar-refractivity contribution >= 4 is 17.5 Å². The lowest BCUT2D eigenvalue weighted by Crippen LogP contribution is -2.31. The number of hydrogen-bond donors (Lipinski definition) is 0. The van der Waals surface area contributed by atoms with Crippen molar-refractivity contribution in [3.8, 4) is 5.69 Å². The van der Waals surface area contributed by atoms with Gasteiger partial charge in [-0.15, -0.1) is 11.6 Å². The smallest absolute Gasteiger partial charge is 0.250 e. The molecule has 0 saturated carbocycles. The molecule has 1 fully saturated rings. The molecule has 106 valence electrons. The predicted octanol–water partition coefficient (Wildman–Crippen LogP) is 2.65. The molecule has 0 N–H and O–H groups in total. The first-order valence-corrected chi connectivity index (χ1v) is 7.60. The van der Waals surface area contributed by atoms with Crippen LogP contribution in [0.3, 0.4) is 0 Å². The molecule has 2 aromatic rings. The van der Waals surface area contributed by atoms with Gasteiger partial charge in [-0.3, -0.25) is 0 Å². The van der Waals surface area contributed by atoms with Gasteiger partial charge in [-0.2, -0.15) is 4.68 Å². The minimum absolute atomic E-state index is 0.502. The number of anilines is 1. The van der Waals surface area contributed by atoms with Crippen LogP contribution < -0.4 is 4.90 Å². The summed E-state index contributed by atoms with van der Waals surface area (Å²) in [5, 5.41) is 12.2. The SMILES string of the molecule is ClCCCC1CCCN1c1nnnn1-c1ccccc1. The van der Waals surface area contributed by atoms with E-state index in [2.05, 4.69) is 20.4 Å². The quantitative estimate of drug-likeness (QED) is 0.795. The van der Waals surface area contributed by atoms with Gasteiger partial charge in [0.15, 0.2) is 0 Å². The Labute approximate surface area is 123 Å². The van der Waals surface area contributed by atoms with E-state index >= 15 is 0 Å². The van der Waals surface area contributed by atoms with E-state index in [4.69, 9.17) is 11.6 Å². The third-order valence-corrected chi connectivity index (χ3v) is 4.03. The number of hydrogen-bond acceptors (Lipinski definition) is 4. The van der Waals surface area contributed by atoms with E-state index in [9.17, 15) is 0 Å². The molecule has 6 heteroatoms. The van der Waals surface area contributed by atoms with E-state index in [-0.39, 0.29) is 0 Å². The number of para-hydroxylation sites is 1. The van der Waals surface area contributed by atoms with Crippen LogP contribution in [-0.2, 0) is 0 Å². The molecule has 1 saturated heterocycles. The Morgan fingerprint density at radius 2 is 2.10 bits per heavy atom. The van der Waals surface area contributed by atoms with Crippen LogP contribution in [0.1, 0.15) is 25.7 Å². The van der Waals surface area contributed by atoms with Gasteiger partial charge in [0, 0.05) is 18.5 Å². The minimum atomic E-state index is 0.502. The van der Waals surface area contributed by atoms with Crippen LogP contribution in [0.4, 0.5) is 5.95 Å². The van der Waals surface area contributed by atoms with Crippen LogP contribution in [0, 0.1) is 0 Å². The number of nitrogens with zero attached hydrogens (tertiary/aromatic N) is 5. The zero-order valence-corrected chi connectivity index (χ0v) is 12.1. The Hall–Kier alpha value is -1.62. The second-order valence-electron chi connectivity index (χ2n) is 5.05. The van der Waals surface area contributed by atoms with Gasteiger partial charge in [0.2, 0.25) is 0 Å². The van der Waals surface area contributed by atoms with E-state index in [1.165, 1.54) is 12.8 Å². The zero-order valence-electron chi connectivity index (χ0n) is 11.3. The first-order chi connectivity index (χ1) is 9.90. The average Bonchev–Trinajstić information content (AvgIpc) is 3.14. The van der Waals surface area contributed by atoms with Crippen LogP contribution in [-0.4, -0.2) is 38.7 Å². The molecular formula is C14H18ClN5. The number of benzene rings is 1. The Morgan fingerprint density at radius 1 is 1.25 bits per heavy atom. The second-order valence-corrected chi connectivity index (χ2v) is 5.42. The van der Waals surface area contributed by atoms with Gasteiger partial charge in [-0.05, 0) is 48.2 Å². The number of rotatable bonds is 5. The highest BCUT2D eigenvalue weighted by Crippen LogP contribution is 2.27. The maximum Gasteiger partial charge on any atom is 0.250 e. The molecular weight excluding hydrogens is 274 g/mol. The lowest BCUT2D eigenvalue weighted by atomic mass is 10.1. The van der Waals surface area contributed by atoms with E-state index in [1.54, 1.807) is 0 Å². The maximum absolute atomic E-state index is 5.82. The van der Waals surface area contributed by atoms with E-state index in [1.807, 2.05) is 35.0 Å². The van der Waals surface area contributed by atoms with Gasteiger partial charge < -0.3 is 4.90 Å². The van der Waals surface area contributed by atoms with Gasteiger partial charge in [0.1, 0.15) is 0 Å². The largest absolute Gasteiger partial charge is 0.336 e. The van der Waals surface area contributed by atoms with E-state index in [0.29, 0.717) is 11.9 Å². The molecule has 1 atom stereocenters. The fraction of sp³-hybridized carbons (Fsp3) is 0.500. The normalized spacial score (nSPS) is 18.6. The van der Waals surface area contributed by atoms with Gasteiger partial charge in [0.25, 0.3) is 5.95 Å². The fourth-order valence-electron chi connectivity index (χ4n) is 2.81. The van der Waals surface area contributed by atoms with Crippen molar-refractivity contribution in [1.82, 2.24) is 20.2 Å². The molecule has 2 heterocycles. The zero-order chi connectivity index (χ0) is 13.8. The molecule has 1 aliphatic rings. The first-order valence-electron chi connectivity index (χ1n) is 7.06. The van der Waals surface area contributed by atoms with Crippen molar-refractivity contribution in [2.45, 2.75) is 31.7 Å². The first kappa shape index (κ1) is 13.4. The number of tetrazole rings is 1. The monoisotopic (exact) mass is 291 g/mol. The molecule has 0 radical (unpaired) electrons. The summed E-state index contributed by atoms with van der Waals surface area (Å²) in [4.78, 5) is 2.32. The molecule has 3 rings (SSSR count). The summed E-state index contributed by atoms with van der Waals surface area (Å²) in [6.07, 6.45) is 4.52. The summed E-state index contributed by atoms with van der Waals surface area (Å²) in [6, 6.07) is 10.5. The topological polar surface area (TPSA) is 46.8 Å². The van der Waals surface area contributed by atoms with Crippen molar-refractivity contribution in [3.05, 3.63) is 30.3 Å². The number of alkyl halides is 1. The van der Waals surface area contributed by atoms with Crippen molar-refractivity contribution in [3.63, 3.8) is 0 Å². The summed E-state index contributed by atoms with van der Waals surface area (Å²) >= 11 is 5.82. The Kier molecular flexibility index (Phi) is 4.16. The highest BCUT2D eigenvalue weighted by Gasteiger charge is 2.28. The van der Waals surface area contributed by atoms with Crippen LogP contribution >= 0.6 is 11.6 Å². The summed E-state index contributed by atoms with van der Waals surface area (Å²) in [7, 11) is 0. The van der Waals surface area contributed by atoms with Crippen molar-refractivity contribution < 1.29 is 0 Å². The summed E-state index contributed by atoms with van der Waals surface area (Å²) in [6.45, 7) is 1.01. The molecule has 0 amide bonds. The van der Waals surface area contributed by atoms with Crippen molar-refractivity contribution in [1.29, 1.82) is 0 Å². The van der Waals surface area contributed by atoms with Gasteiger partial charge >= 0.3 is 0 Å². The van der Waals surface area contributed by atoms with Crippen molar-refractivity contribution in [2.24, 2.45) is 0 Å². The maximum atomic E-state index is 5.82. The standard InChI is InChI=1S/C14H18ClN5/c15-10-4-8-12-9-5-11-19(12)14-16-17-18-20(14)13-6-2-1-3-7-13/h1-3,6-7,12H,4-5,8-11H2. The highest BCUT2D eigenvalue weighted by atomic mass is 35.5. The summed E-state index contributed by atoms with van der Waals surface area (Å²) in [5.41, 5.74) is 0.996. The highest BCUT2D eigenvalue weighted by molar-refractivity contribution is 6.17. The van der Waals surface area contributed by atoms with E-state index in [0.717, 1.165) is 31.0 Å². The third-order valence-electron chi connectivity index (χ3n) is 3.76. The van der Waals surface area contributed by atoms with Gasteiger partial charge in [0.05, 0.1) is 5.69 Å². The van der Waals surface area contributed by atoms with Crippen LogP contribution in [0.25, 0.3) is 5.69 Å². The lowest BCUT2D eigenvalue weighted by Gasteiger charge is -2.24. The lowest BCUT2D eigenvalue weighted by molar-refractivity contribution is 0.589. The summed E-state index contributed by atoms with van der Waals surface area (Å²) in [5.74, 6) is 1.56. The van der Waals surface area contributed by atoms with E-state index < -0.39 is 0 Å². The molecule has 0 aliphatic carbocycles. The van der Waals surface area contributed by atoms with Crippen LogP contribution in [0.2, 0.25) is 0 Å². The molecule has 0 bridgehead atoms. The number of aromatic nitrogens is 4. The Morgan fingerprint density at radius 3 is 2.90 bits per heavy atom. The minimum Gasteiger partial charge on any atom is -0.336 e. The van der Waals surface area contributed by atoms with Gasteiger partial charge in [-0.25, -0.2) is 0 Å². The summed E-state index contributed by atoms with van der Waals surface area (Å²) < 4.78 is 1.82. The average molecular weight is 292 g/mol. The van der Waals surface area contributed by atoms with Crippen LogP contribution in [0.5, 0.6) is 0 Å². The molecule has 1 aromatic heterocycles. The van der Waals surface area contributed by atoms with Gasteiger partial charge in [-0.1, -0.05) is 23.3 Å². The Bertz CT molecular complexity index is 542. The molecule has 1 aromatic carbocycles. The number of halogens is 1. The predicted molar refractivity (Wildman–Crippen MR) is 79.5 cm³/mol. The van der Waals surface area contributed by atoms with Crippen molar-refractivity contribution in [2.75, 3.05) is 17.3 Å². The molecule has 1 aliphatic heterocycles. The van der Waals surface area contributed by atoms with Crippen LogP contribution in [0.15, 0.2) is 30.3 Å². The fourth-order valence-corrected chi connectivity index (χ4v) is 2.96.